The molecule has 0 radical (unpaired) electrons. The van der Waals surface area contributed by atoms with E-state index in [9.17, 15) is 4.79 Å². The maximum atomic E-state index is 11.6. The van der Waals surface area contributed by atoms with Gasteiger partial charge in [-0.15, -0.1) is 0 Å². The number of nitrogens with one attached hydrogen (secondary N) is 2. The Morgan fingerprint density at radius 1 is 1.47 bits per heavy atom. The molecule has 4 nitrogen and oxygen atoms in total. The van der Waals surface area contributed by atoms with Gasteiger partial charge in [0.1, 0.15) is 5.15 Å². The van der Waals surface area contributed by atoms with E-state index < -0.39 is 0 Å². The van der Waals surface area contributed by atoms with E-state index in [0.29, 0.717) is 29.8 Å². The Labute approximate surface area is 107 Å². The summed E-state index contributed by atoms with van der Waals surface area (Å²) in [6.07, 6.45) is 0.445. The Morgan fingerprint density at radius 3 is 2.76 bits per heavy atom. The van der Waals surface area contributed by atoms with Gasteiger partial charge in [0.2, 0.25) is 5.91 Å². The number of carbonyl (C=O) groups excluding carboxylic acids is 1. The number of rotatable bonds is 5. The summed E-state index contributed by atoms with van der Waals surface area (Å²) in [5.74, 6) is -0.0228. The molecule has 1 rings (SSSR count). The summed E-state index contributed by atoms with van der Waals surface area (Å²) < 4.78 is 0. The monoisotopic (exact) mass is 255 g/mol. The first-order chi connectivity index (χ1) is 7.99. The number of aryl methyl sites for hydroxylation is 1. The SMILES string of the molecule is Cc1nc(Cl)ccc1NC(=O)CCNC(C)C. The molecule has 5 heteroatoms. The summed E-state index contributed by atoms with van der Waals surface area (Å²) in [5, 5.41) is 6.43. The zero-order valence-corrected chi connectivity index (χ0v) is 11.1. The van der Waals surface area contributed by atoms with Crippen LogP contribution in [0.3, 0.4) is 0 Å². The largest absolute Gasteiger partial charge is 0.324 e. The third-order valence-electron chi connectivity index (χ3n) is 2.23. The lowest BCUT2D eigenvalue weighted by Crippen LogP contribution is -2.27. The summed E-state index contributed by atoms with van der Waals surface area (Å²) in [5.41, 5.74) is 1.44. The number of anilines is 1. The van der Waals surface area contributed by atoms with Crippen molar-refractivity contribution in [2.75, 3.05) is 11.9 Å². The van der Waals surface area contributed by atoms with E-state index in [1.165, 1.54) is 0 Å². The van der Waals surface area contributed by atoms with Crippen LogP contribution in [0, 0.1) is 6.92 Å². The topological polar surface area (TPSA) is 54.0 Å². The highest BCUT2D eigenvalue weighted by molar-refractivity contribution is 6.29. The van der Waals surface area contributed by atoms with Gasteiger partial charge in [-0.05, 0) is 19.1 Å². The summed E-state index contributed by atoms with van der Waals surface area (Å²) >= 11 is 5.74. The van der Waals surface area contributed by atoms with Gasteiger partial charge >= 0.3 is 0 Å². The molecule has 0 atom stereocenters. The highest BCUT2D eigenvalue weighted by atomic mass is 35.5. The number of amides is 1. The summed E-state index contributed by atoms with van der Waals surface area (Å²) in [6, 6.07) is 3.82. The normalized spacial score (nSPS) is 10.6. The molecule has 94 valence electrons. The number of halogens is 1. The van der Waals surface area contributed by atoms with Gasteiger partial charge in [0.15, 0.2) is 0 Å². The molecule has 0 saturated heterocycles. The molecule has 0 saturated carbocycles. The van der Waals surface area contributed by atoms with Crippen LogP contribution >= 0.6 is 11.6 Å². The van der Waals surface area contributed by atoms with Crippen molar-refractivity contribution < 1.29 is 4.79 Å². The van der Waals surface area contributed by atoms with Crippen molar-refractivity contribution in [3.8, 4) is 0 Å². The Morgan fingerprint density at radius 2 is 2.18 bits per heavy atom. The molecule has 0 unspecified atom stereocenters. The van der Waals surface area contributed by atoms with Crippen molar-refractivity contribution in [3.63, 3.8) is 0 Å². The third kappa shape index (κ3) is 5.15. The number of pyridine rings is 1. The van der Waals surface area contributed by atoms with Crippen LogP contribution in [0.4, 0.5) is 5.69 Å². The molecule has 0 aliphatic heterocycles. The molecule has 0 aliphatic rings. The summed E-state index contributed by atoms with van der Waals surface area (Å²) in [6.45, 7) is 6.58. The van der Waals surface area contributed by atoms with Gasteiger partial charge in [-0.1, -0.05) is 25.4 Å². The molecule has 0 fully saturated rings. The Bertz CT molecular complexity index is 393. The molecule has 0 aromatic carbocycles. The predicted molar refractivity (Wildman–Crippen MR) is 70.4 cm³/mol. The van der Waals surface area contributed by atoms with Crippen molar-refractivity contribution in [2.45, 2.75) is 33.2 Å². The smallest absolute Gasteiger partial charge is 0.225 e. The van der Waals surface area contributed by atoms with Crippen LogP contribution in [0.5, 0.6) is 0 Å². The maximum Gasteiger partial charge on any atom is 0.225 e. The molecule has 0 spiro atoms. The lowest BCUT2D eigenvalue weighted by atomic mass is 10.3. The molecular formula is C12H18ClN3O. The van der Waals surface area contributed by atoms with E-state index >= 15 is 0 Å². The van der Waals surface area contributed by atoms with Gasteiger partial charge in [0.05, 0.1) is 11.4 Å². The molecule has 0 aliphatic carbocycles. The minimum Gasteiger partial charge on any atom is -0.324 e. The van der Waals surface area contributed by atoms with E-state index in [1.807, 2.05) is 20.8 Å². The van der Waals surface area contributed by atoms with Gasteiger partial charge in [-0.25, -0.2) is 4.98 Å². The second-order valence-electron chi connectivity index (χ2n) is 4.17. The van der Waals surface area contributed by atoms with Crippen molar-refractivity contribution >= 4 is 23.2 Å². The fourth-order valence-electron chi connectivity index (χ4n) is 1.35. The van der Waals surface area contributed by atoms with Crippen LogP contribution in [-0.2, 0) is 4.79 Å². The third-order valence-corrected chi connectivity index (χ3v) is 2.44. The molecule has 17 heavy (non-hydrogen) atoms. The van der Waals surface area contributed by atoms with E-state index in [2.05, 4.69) is 15.6 Å². The standard InChI is InChI=1S/C12H18ClN3O/c1-8(2)14-7-6-12(17)16-10-4-5-11(13)15-9(10)3/h4-5,8,14H,6-7H2,1-3H3,(H,16,17). The molecule has 1 aromatic rings. The number of aromatic nitrogens is 1. The minimum absolute atomic E-state index is 0.0228. The average molecular weight is 256 g/mol. The molecule has 0 bridgehead atoms. The van der Waals surface area contributed by atoms with E-state index in [4.69, 9.17) is 11.6 Å². The Hall–Kier alpha value is -1.13. The Kier molecular flexibility index (Phi) is 5.38. The van der Waals surface area contributed by atoms with E-state index in [-0.39, 0.29) is 5.91 Å². The first-order valence-corrected chi connectivity index (χ1v) is 6.03. The van der Waals surface area contributed by atoms with Gasteiger partial charge in [-0.3, -0.25) is 4.79 Å². The maximum absolute atomic E-state index is 11.6. The van der Waals surface area contributed by atoms with Gasteiger partial charge in [0, 0.05) is 19.0 Å². The zero-order valence-electron chi connectivity index (χ0n) is 10.4. The highest BCUT2D eigenvalue weighted by Gasteiger charge is 2.06. The first kappa shape index (κ1) is 13.9. The Balaban J connectivity index is 2.45. The second kappa shape index (κ2) is 6.57. The van der Waals surface area contributed by atoms with Crippen LogP contribution in [-0.4, -0.2) is 23.5 Å². The predicted octanol–water partition coefficient (Wildman–Crippen LogP) is 2.37. The zero-order chi connectivity index (χ0) is 12.8. The lowest BCUT2D eigenvalue weighted by Gasteiger charge is -2.09. The van der Waals surface area contributed by atoms with Crippen molar-refractivity contribution in [2.24, 2.45) is 0 Å². The molecule has 2 N–H and O–H groups in total. The van der Waals surface area contributed by atoms with Crippen LogP contribution in [0.25, 0.3) is 0 Å². The van der Waals surface area contributed by atoms with Crippen LogP contribution < -0.4 is 10.6 Å². The summed E-state index contributed by atoms with van der Waals surface area (Å²) in [4.78, 5) is 15.7. The van der Waals surface area contributed by atoms with Crippen molar-refractivity contribution in [1.29, 1.82) is 0 Å². The number of nitrogens with zero attached hydrogens (tertiary/aromatic N) is 1. The van der Waals surface area contributed by atoms with Gasteiger partial charge in [0.25, 0.3) is 0 Å². The number of hydrogen-bond acceptors (Lipinski definition) is 3. The van der Waals surface area contributed by atoms with E-state index in [1.54, 1.807) is 12.1 Å². The number of hydrogen-bond donors (Lipinski definition) is 2. The van der Waals surface area contributed by atoms with Crippen LogP contribution in [0.2, 0.25) is 5.15 Å². The number of carbonyl (C=O) groups is 1. The fourth-order valence-corrected chi connectivity index (χ4v) is 1.54. The lowest BCUT2D eigenvalue weighted by molar-refractivity contribution is -0.116. The van der Waals surface area contributed by atoms with Crippen LogP contribution in [0.15, 0.2) is 12.1 Å². The molecule has 1 heterocycles. The average Bonchev–Trinajstić information content (AvgIpc) is 2.21. The van der Waals surface area contributed by atoms with Gasteiger partial charge < -0.3 is 10.6 Å². The van der Waals surface area contributed by atoms with Crippen molar-refractivity contribution in [3.05, 3.63) is 23.0 Å². The minimum atomic E-state index is -0.0228. The molecule has 1 aromatic heterocycles. The highest BCUT2D eigenvalue weighted by Crippen LogP contribution is 2.15. The quantitative estimate of drug-likeness (QED) is 0.795. The van der Waals surface area contributed by atoms with Crippen molar-refractivity contribution in [1.82, 2.24) is 10.3 Å². The fraction of sp³-hybridized carbons (Fsp3) is 0.500. The first-order valence-electron chi connectivity index (χ1n) is 5.65. The molecular weight excluding hydrogens is 238 g/mol. The van der Waals surface area contributed by atoms with E-state index in [0.717, 1.165) is 5.69 Å². The van der Waals surface area contributed by atoms with Gasteiger partial charge in [-0.2, -0.15) is 0 Å². The van der Waals surface area contributed by atoms with Crippen LogP contribution in [0.1, 0.15) is 26.0 Å². The summed E-state index contributed by atoms with van der Waals surface area (Å²) in [7, 11) is 0. The second-order valence-corrected chi connectivity index (χ2v) is 4.56. The molecule has 1 amide bonds.